The van der Waals surface area contributed by atoms with Crippen LogP contribution >= 0.6 is 0 Å². The van der Waals surface area contributed by atoms with Gasteiger partial charge in [-0.2, -0.15) is 0 Å². The van der Waals surface area contributed by atoms with Gasteiger partial charge in [0.05, 0.1) is 5.75 Å². The Kier molecular flexibility index (Phi) is 2.55. The highest BCUT2D eigenvalue weighted by molar-refractivity contribution is 7.93. The number of carbonyl (C=O) groups is 2. The van der Waals surface area contributed by atoms with Crippen LogP contribution in [-0.2, 0) is 19.4 Å². The van der Waals surface area contributed by atoms with Crippen molar-refractivity contribution < 1.29 is 23.1 Å². The molecule has 0 aliphatic carbocycles. The summed E-state index contributed by atoms with van der Waals surface area (Å²) in [6.45, 7) is 2.58. The quantitative estimate of drug-likeness (QED) is 0.636. The lowest BCUT2D eigenvalue weighted by atomic mass is 10.1. The Bertz CT molecular complexity index is 411. The van der Waals surface area contributed by atoms with E-state index in [1.807, 2.05) is 0 Å². The van der Waals surface area contributed by atoms with Crippen LogP contribution < -0.4 is 0 Å². The van der Waals surface area contributed by atoms with Gasteiger partial charge >= 0.3 is 5.97 Å². The van der Waals surface area contributed by atoms with Crippen LogP contribution in [-0.4, -0.2) is 53.9 Å². The Labute approximate surface area is 87.8 Å². The van der Waals surface area contributed by atoms with Gasteiger partial charge in [-0.1, -0.05) is 0 Å². The van der Waals surface area contributed by atoms with Crippen molar-refractivity contribution in [2.45, 2.75) is 24.6 Å². The molecule has 1 amide bonds. The molecule has 0 aromatic heterocycles. The van der Waals surface area contributed by atoms with Gasteiger partial charge < -0.3 is 10.0 Å². The Morgan fingerprint density at radius 3 is 2.40 bits per heavy atom. The minimum absolute atomic E-state index is 0.530. The summed E-state index contributed by atoms with van der Waals surface area (Å²) in [5, 5.41) is 8.77. The lowest BCUT2D eigenvalue weighted by Crippen LogP contribution is -2.62. The van der Waals surface area contributed by atoms with Crippen LogP contribution in [0, 0.1) is 0 Å². The van der Waals surface area contributed by atoms with Crippen LogP contribution in [0.25, 0.3) is 0 Å². The van der Waals surface area contributed by atoms with Crippen molar-refractivity contribution in [3.05, 3.63) is 0 Å². The Morgan fingerprint density at radius 2 is 2.00 bits per heavy atom. The maximum absolute atomic E-state index is 11.7. The molecule has 1 heterocycles. The van der Waals surface area contributed by atoms with Crippen molar-refractivity contribution in [3.8, 4) is 0 Å². The molecule has 7 heteroatoms. The Balaban J connectivity index is 3.23. The van der Waals surface area contributed by atoms with Gasteiger partial charge in [-0.3, -0.25) is 4.79 Å². The van der Waals surface area contributed by atoms with Crippen molar-refractivity contribution in [1.29, 1.82) is 0 Å². The number of sulfone groups is 1. The molecular weight excluding hydrogens is 222 g/mol. The average Bonchev–Trinajstić information content (AvgIpc) is 2.09. The monoisotopic (exact) mass is 235 g/mol. The summed E-state index contributed by atoms with van der Waals surface area (Å²) in [7, 11) is -2.41. The van der Waals surface area contributed by atoms with Gasteiger partial charge in [-0.05, 0) is 13.8 Å². The molecule has 0 aromatic carbocycles. The van der Waals surface area contributed by atoms with Crippen LogP contribution in [0.3, 0.4) is 0 Å². The van der Waals surface area contributed by atoms with Gasteiger partial charge in [-0.15, -0.1) is 0 Å². The van der Waals surface area contributed by atoms with Gasteiger partial charge in [0.2, 0.25) is 5.91 Å². The van der Waals surface area contributed by atoms with E-state index in [0.717, 1.165) is 4.90 Å². The average molecular weight is 235 g/mol. The van der Waals surface area contributed by atoms with Gasteiger partial charge in [0, 0.05) is 7.05 Å². The van der Waals surface area contributed by atoms with Gasteiger partial charge in [0.25, 0.3) is 0 Å². The van der Waals surface area contributed by atoms with Gasteiger partial charge in [-0.25, -0.2) is 13.2 Å². The molecule has 0 radical (unpaired) electrons. The normalized spacial score (nSPS) is 28.9. The van der Waals surface area contributed by atoms with Crippen molar-refractivity contribution in [3.63, 3.8) is 0 Å². The molecule has 86 valence electrons. The van der Waals surface area contributed by atoms with Crippen molar-refractivity contribution >= 4 is 21.7 Å². The zero-order valence-corrected chi connectivity index (χ0v) is 9.54. The molecule has 1 saturated heterocycles. The topological polar surface area (TPSA) is 91.8 Å². The zero-order chi connectivity index (χ0) is 12.0. The first kappa shape index (κ1) is 12.0. The third-order valence-electron chi connectivity index (χ3n) is 2.74. The fraction of sp³-hybridized carbons (Fsp3) is 0.750. The van der Waals surface area contributed by atoms with Crippen LogP contribution in [0.5, 0.6) is 0 Å². The summed E-state index contributed by atoms with van der Waals surface area (Å²) in [5.74, 6) is -2.51. The number of carboxylic acids is 1. The number of nitrogens with zero attached hydrogens (tertiary/aromatic N) is 1. The molecule has 0 aromatic rings. The molecule has 6 nitrogen and oxygen atoms in total. The minimum atomic E-state index is -3.71. The number of hydrogen-bond acceptors (Lipinski definition) is 4. The minimum Gasteiger partial charge on any atom is -0.480 e. The van der Waals surface area contributed by atoms with Crippen LogP contribution in [0.4, 0.5) is 0 Å². The largest absolute Gasteiger partial charge is 0.480 e. The highest BCUT2D eigenvalue weighted by atomic mass is 32.2. The maximum atomic E-state index is 11.7. The fourth-order valence-corrected chi connectivity index (χ4v) is 3.07. The molecule has 1 aliphatic heterocycles. The number of hydrogen-bond donors (Lipinski definition) is 1. The lowest BCUT2D eigenvalue weighted by molar-refractivity contribution is -0.149. The van der Waals surface area contributed by atoms with E-state index in [9.17, 15) is 18.0 Å². The number of amides is 1. The second-order valence-corrected chi connectivity index (χ2v) is 6.65. The number of carboxylic acid groups (broad SMARTS) is 1. The fourth-order valence-electron chi connectivity index (χ4n) is 1.46. The van der Waals surface area contributed by atoms with Crippen molar-refractivity contribution in [1.82, 2.24) is 4.90 Å². The summed E-state index contributed by atoms with van der Waals surface area (Å²) in [6, 6.07) is -1.28. The predicted molar refractivity (Wildman–Crippen MR) is 52.1 cm³/mol. The summed E-state index contributed by atoms with van der Waals surface area (Å²) >= 11 is 0. The number of likely N-dealkylation sites (N-methyl/N-ethyl adjacent to an activating group) is 1. The van der Waals surface area contributed by atoms with E-state index in [-0.39, 0.29) is 0 Å². The van der Waals surface area contributed by atoms with Gasteiger partial charge in [0.15, 0.2) is 9.84 Å². The Morgan fingerprint density at radius 1 is 1.53 bits per heavy atom. The number of carbonyl (C=O) groups excluding carboxylic acids is 1. The van der Waals surface area contributed by atoms with E-state index in [4.69, 9.17) is 5.11 Å². The summed E-state index contributed by atoms with van der Waals surface area (Å²) in [5.41, 5.74) is 0. The van der Waals surface area contributed by atoms with E-state index in [2.05, 4.69) is 0 Å². The smallest absolute Gasteiger partial charge is 0.327 e. The second-order valence-electron chi connectivity index (χ2n) is 4.06. The zero-order valence-electron chi connectivity index (χ0n) is 8.72. The SMILES string of the molecule is CN1C(=O)C(C)(C)S(=O)(=O)CC1C(=O)O. The van der Waals surface area contributed by atoms with E-state index in [1.54, 1.807) is 0 Å². The number of aliphatic carboxylic acids is 1. The predicted octanol–water partition coefficient (Wildman–Crippen LogP) is -0.895. The Hall–Kier alpha value is -1.11. The molecule has 1 fully saturated rings. The molecule has 1 rings (SSSR count). The first-order valence-electron chi connectivity index (χ1n) is 4.33. The van der Waals surface area contributed by atoms with Gasteiger partial charge in [0.1, 0.15) is 10.8 Å². The first-order chi connectivity index (χ1) is 6.61. The summed E-state index contributed by atoms with van der Waals surface area (Å²) < 4.78 is 21.8. The molecule has 1 aliphatic rings. The highest BCUT2D eigenvalue weighted by Crippen LogP contribution is 2.27. The first-order valence-corrected chi connectivity index (χ1v) is 5.99. The molecule has 1 unspecified atom stereocenters. The lowest BCUT2D eigenvalue weighted by Gasteiger charge is -2.38. The van der Waals surface area contributed by atoms with E-state index in [1.165, 1.54) is 20.9 Å². The van der Waals surface area contributed by atoms with E-state index in [0.29, 0.717) is 0 Å². The maximum Gasteiger partial charge on any atom is 0.327 e. The summed E-state index contributed by atoms with van der Waals surface area (Å²) in [4.78, 5) is 23.4. The molecular formula is C8H13NO5S. The third-order valence-corrected chi connectivity index (χ3v) is 5.23. The van der Waals surface area contributed by atoms with Crippen molar-refractivity contribution in [2.75, 3.05) is 12.8 Å². The molecule has 1 atom stereocenters. The summed E-state index contributed by atoms with van der Waals surface area (Å²) in [6.07, 6.45) is 0. The van der Waals surface area contributed by atoms with E-state index < -0.39 is 38.3 Å². The standard InChI is InChI=1S/C8H13NO5S/c1-8(2)7(12)9(3)5(6(10)11)4-15(8,13)14/h5H,4H2,1-3H3,(H,10,11). The highest BCUT2D eigenvalue weighted by Gasteiger charge is 2.52. The van der Waals surface area contributed by atoms with Crippen molar-refractivity contribution in [2.24, 2.45) is 0 Å². The second kappa shape index (κ2) is 3.19. The molecule has 15 heavy (non-hydrogen) atoms. The van der Waals surface area contributed by atoms with Crippen LogP contribution in [0.15, 0.2) is 0 Å². The molecule has 1 N–H and O–H groups in total. The van der Waals surface area contributed by atoms with Crippen LogP contribution in [0.2, 0.25) is 0 Å². The third kappa shape index (κ3) is 1.60. The van der Waals surface area contributed by atoms with E-state index >= 15 is 0 Å². The number of rotatable bonds is 1. The van der Waals surface area contributed by atoms with Crippen LogP contribution in [0.1, 0.15) is 13.8 Å². The molecule has 0 bridgehead atoms. The molecule has 0 spiro atoms. The molecule has 0 saturated carbocycles.